The van der Waals surface area contributed by atoms with E-state index in [4.69, 9.17) is 33.0 Å². The van der Waals surface area contributed by atoms with E-state index in [2.05, 4.69) is 0 Å². The van der Waals surface area contributed by atoms with Crippen LogP contribution in [-0.2, 0) is 16.0 Å². The molecule has 3 aliphatic rings. The molecule has 1 N–H and O–H groups in total. The first-order valence-corrected chi connectivity index (χ1v) is 8.79. The fourth-order valence-electron chi connectivity index (χ4n) is 4.23. The summed E-state index contributed by atoms with van der Waals surface area (Å²) in [7, 11) is 0. The first kappa shape index (κ1) is 16.0. The summed E-state index contributed by atoms with van der Waals surface area (Å²) in [5.74, 6) is -0.0616. The Morgan fingerprint density at radius 1 is 1.33 bits per heavy atom. The van der Waals surface area contributed by atoms with Gasteiger partial charge in [-0.3, -0.25) is 4.79 Å². The second kappa shape index (κ2) is 5.50. The topological polar surface area (TPSA) is 63.6 Å². The summed E-state index contributed by atoms with van der Waals surface area (Å²) in [6.07, 6.45) is 6.32. The number of rotatable bonds is 4. The minimum Gasteiger partial charge on any atom is -0.480 e. The number of carboxylic acids is 1. The molecule has 4 rings (SSSR count). The highest BCUT2D eigenvalue weighted by molar-refractivity contribution is 6.44. The summed E-state index contributed by atoms with van der Waals surface area (Å²) in [5, 5.41) is 9.37. The fraction of sp³-hybridized carbons (Fsp3) is 0.444. The van der Waals surface area contributed by atoms with Crippen molar-refractivity contribution in [1.29, 1.82) is 0 Å². The maximum atomic E-state index is 12.0. The predicted molar refractivity (Wildman–Crippen MR) is 90.7 cm³/mol. The van der Waals surface area contributed by atoms with Crippen LogP contribution < -0.4 is 4.74 Å². The van der Waals surface area contributed by atoms with E-state index in [0.29, 0.717) is 23.1 Å². The number of hydrogen-bond donors (Lipinski definition) is 1. The van der Waals surface area contributed by atoms with E-state index in [0.717, 1.165) is 29.5 Å². The molecule has 4 nitrogen and oxygen atoms in total. The molecule has 3 aliphatic carbocycles. The molecule has 0 heterocycles. The fourth-order valence-corrected chi connectivity index (χ4v) is 4.75. The Balaban J connectivity index is 1.82. The Hall–Kier alpha value is -1.52. The molecule has 1 fully saturated rings. The highest BCUT2D eigenvalue weighted by atomic mass is 35.5. The third kappa shape index (κ3) is 2.35. The van der Waals surface area contributed by atoms with Gasteiger partial charge in [0, 0.05) is 17.4 Å². The second-order valence-corrected chi connectivity index (χ2v) is 7.61. The summed E-state index contributed by atoms with van der Waals surface area (Å²) in [6.45, 7) is -0.468. The number of fused-ring (bicyclic) bond motifs is 3. The van der Waals surface area contributed by atoms with Gasteiger partial charge in [-0.1, -0.05) is 23.2 Å². The molecule has 0 saturated heterocycles. The third-order valence-electron chi connectivity index (χ3n) is 5.40. The van der Waals surface area contributed by atoms with Gasteiger partial charge in [-0.15, -0.1) is 0 Å². The van der Waals surface area contributed by atoms with Crippen LogP contribution in [0.2, 0.25) is 10.0 Å². The molecule has 1 atom stereocenters. The SMILES string of the molecule is O=C(O)COc1cc2c(c(Cl)c1Cl)C1=CC(=O)CCC1(C1CC1)C2. The quantitative estimate of drug-likeness (QED) is 0.868. The summed E-state index contributed by atoms with van der Waals surface area (Å²) in [4.78, 5) is 22.7. The number of carbonyl (C=O) groups is 2. The summed E-state index contributed by atoms with van der Waals surface area (Å²) >= 11 is 12.8. The van der Waals surface area contributed by atoms with Crippen LogP contribution in [0, 0.1) is 11.3 Å². The van der Waals surface area contributed by atoms with Crippen LogP contribution in [0.15, 0.2) is 12.1 Å². The lowest BCUT2D eigenvalue weighted by Crippen LogP contribution is -2.28. The molecule has 1 saturated carbocycles. The van der Waals surface area contributed by atoms with E-state index >= 15 is 0 Å². The van der Waals surface area contributed by atoms with Crippen molar-refractivity contribution in [2.75, 3.05) is 6.61 Å². The van der Waals surface area contributed by atoms with Gasteiger partial charge in [0.1, 0.15) is 10.8 Å². The lowest BCUT2D eigenvalue weighted by molar-refractivity contribution is -0.139. The predicted octanol–water partition coefficient (Wildman–Crippen LogP) is 4.16. The third-order valence-corrected chi connectivity index (χ3v) is 6.25. The summed E-state index contributed by atoms with van der Waals surface area (Å²) in [6, 6.07) is 1.79. The van der Waals surface area contributed by atoms with Crippen molar-refractivity contribution >= 4 is 40.5 Å². The minimum atomic E-state index is -1.07. The zero-order valence-electron chi connectivity index (χ0n) is 12.9. The average Bonchev–Trinajstić information content (AvgIpc) is 3.33. The Kier molecular flexibility index (Phi) is 3.66. The molecule has 126 valence electrons. The van der Waals surface area contributed by atoms with E-state index in [-0.39, 0.29) is 16.2 Å². The maximum Gasteiger partial charge on any atom is 0.341 e. The highest BCUT2D eigenvalue weighted by Gasteiger charge is 2.53. The number of aliphatic carboxylic acids is 1. The normalized spacial score (nSPS) is 25.1. The molecular weight excluding hydrogens is 351 g/mol. The van der Waals surface area contributed by atoms with Crippen molar-refractivity contribution in [3.05, 3.63) is 33.3 Å². The van der Waals surface area contributed by atoms with E-state index in [1.807, 2.05) is 0 Å². The Bertz CT molecular complexity index is 795. The summed E-state index contributed by atoms with van der Waals surface area (Å²) < 4.78 is 5.29. The molecule has 1 aromatic carbocycles. The van der Waals surface area contributed by atoms with E-state index in [1.54, 1.807) is 12.1 Å². The van der Waals surface area contributed by atoms with Gasteiger partial charge >= 0.3 is 5.97 Å². The molecule has 0 radical (unpaired) electrons. The molecule has 0 aliphatic heterocycles. The maximum absolute atomic E-state index is 12.0. The van der Waals surface area contributed by atoms with Crippen LogP contribution in [0.25, 0.3) is 5.57 Å². The molecule has 6 heteroatoms. The van der Waals surface area contributed by atoms with Crippen LogP contribution in [-0.4, -0.2) is 23.5 Å². The smallest absolute Gasteiger partial charge is 0.341 e. The summed E-state index contributed by atoms with van der Waals surface area (Å²) in [5.41, 5.74) is 2.85. The molecule has 0 bridgehead atoms. The van der Waals surface area contributed by atoms with Crippen molar-refractivity contribution in [1.82, 2.24) is 0 Å². The largest absolute Gasteiger partial charge is 0.480 e. The Morgan fingerprint density at radius 2 is 2.08 bits per heavy atom. The van der Waals surface area contributed by atoms with Gasteiger partial charge in [-0.2, -0.15) is 0 Å². The Labute approximate surface area is 149 Å². The lowest BCUT2D eigenvalue weighted by Gasteiger charge is -2.34. The van der Waals surface area contributed by atoms with Gasteiger partial charge in [0.15, 0.2) is 12.4 Å². The molecule has 1 unspecified atom stereocenters. The van der Waals surface area contributed by atoms with Crippen molar-refractivity contribution < 1.29 is 19.4 Å². The number of carboxylic acid groups (broad SMARTS) is 1. The first-order chi connectivity index (χ1) is 11.4. The number of benzene rings is 1. The zero-order valence-corrected chi connectivity index (χ0v) is 14.4. The van der Waals surface area contributed by atoms with Gasteiger partial charge in [-0.05, 0) is 54.9 Å². The second-order valence-electron chi connectivity index (χ2n) is 6.85. The number of halogens is 2. The van der Waals surface area contributed by atoms with Gasteiger partial charge in [-0.25, -0.2) is 4.79 Å². The van der Waals surface area contributed by atoms with Crippen LogP contribution in [0.3, 0.4) is 0 Å². The van der Waals surface area contributed by atoms with Crippen LogP contribution in [0.5, 0.6) is 5.75 Å². The lowest BCUT2D eigenvalue weighted by atomic mass is 9.69. The van der Waals surface area contributed by atoms with Gasteiger partial charge < -0.3 is 9.84 Å². The highest BCUT2D eigenvalue weighted by Crippen LogP contribution is 2.64. The molecule has 0 amide bonds. The Morgan fingerprint density at radius 3 is 2.75 bits per heavy atom. The first-order valence-electron chi connectivity index (χ1n) is 8.03. The zero-order chi connectivity index (χ0) is 17.1. The molecule has 0 spiro atoms. The standard InChI is InChI=1S/C18H16Cl2O4/c19-16-13(24-8-14(22)23)5-9-7-18(10-1-2-10)4-3-11(21)6-12(18)15(9)17(16)20/h5-6,10H,1-4,7-8H2,(H,22,23). The van der Waals surface area contributed by atoms with E-state index in [1.165, 1.54) is 12.8 Å². The van der Waals surface area contributed by atoms with E-state index < -0.39 is 12.6 Å². The number of hydrogen-bond acceptors (Lipinski definition) is 3. The number of ketones is 1. The van der Waals surface area contributed by atoms with Crippen LogP contribution in [0.4, 0.5) is 0 Å². The monoisotopic (exact) mass is 366 g/mol. The van der Waals surface area contributed by atoms with Crippen molar-refractivity contribution in [2.24, 2.45) is 11.3 Å². The number of allylic oxidation sites excluding steroid dienone is 2. The van der Waals surface area contributed by atoms with Gasteiger partial charge in [0.2, 0.25) is 0 Å². The van der Waals surface area contributed by atoms with E-state index in [9.17, 15) is 9.59 Å². The van der Waals surface area contributed by atoms with Crippen molar-refractivity contribution in [3.63, 3.8) is 0 Å². The molecular formula is C18H16Cl2O4. The molecule has 24 heavy (non-hydrogen) atoms. The average molecular weight is 367 g/mol. The number of carbonyl (C=O) groups excluding carboxylic acids is 1. The van der Waals surface area contributed by atoms with Gasteiger partial charge in [0.25, 0.3) is 0 Å². The minimum absolute atomic E-state index is 0.0192. The molecule has 0 aromatic heterocycles. The van der Waals surface area contributed by atoms with Crippen LogP contribution >= 0.6 is 23.2 Å². The number of ether oxygens (including phenoxy) is 1. The van der Waals surface area contributed by atoms with Gasteiger partial charge in [0.05, 0.1) is 5.02 Å². The van der Waals surface area contributed by atoms with Crippen molar-refractivity contribution in [3.8, 4) is 5.75 Å². The van der Waals surface area contributed by atoms with Crippen LogP contribution in [0.1, 0.15) is 36.8 Å². The van der Waals surface area contributed by atoms with Crippen molar-refractivity contribution in [2.45, 2.75) is 32.1 Å². The molecule has 1 aromatic rings.